The number of hydrogen-bond donors (Lipinski definition) is 1. The highest BCUT2D eigenvalue weighted by atomic mass is 16.6. The Labute approximate surface area is 190 Å². The van der Waals surface area contributed by atoms with E-state index >= 15 is 0 Å². The van der Waals surface area contributed by atoms with Gasteiger partial charge in [-0.2, -0.15) is 0 Å². The number of benzene rings is 3. The monoisotopic (exact) mass is 442 g/mol. The first-order chi connectivity index (χ1) is 15.9. The number of aliphatic hydroxyl groups is 1. The zero-order chi connectivity index (χ0) is 23.5. The largest absolute Gasteiger partial charge is 0.507 e. The van der Waals surface area contributed by atoms with E-state index in [0.29, 0.717) is 12.0 Å². The SMILES string of the molecule is Cc1ccc(/C(O)=C2/C(=O)C(=O)N(CCc3ccccc3)C2c2ccccc2[N+](=O)[O-])cc1. The van der Waals surface area contributed by atoms with E-state index in [1.165, 1.54) is 23.1 Å². The highest BCUT2D eigenvalue weighted by molar-refractivity contribution is 6.46. The standard InChI is InChI=1S/C26H22N2O5/c1-17-11-13-19(14-12-17)24(29)22-23(20-9-5-6-10-21(20)28(32)33)27(26(31)25(22)30)16-15-18-7-3-2-4-8-18/h2-14,23,29H,15-16H2,1H3/b24-22-. The topological polar surface area (TPSA) is 101 Å². The second-order valence-electron chi connectivity index (χ2n) is 7.91. The van der Waals surface area contributed by atoms with Crippen molar-refractivity contribution in [3.63, 3.8) is 0 Å². The van der Waals surface area contributed by atoms with Gasteiger partial charge in [0.2, 0.25) is 0 Å². The minimum absolute atomic E-state index is 0.147. The van der Waals surface area contributed by atoms with Crippen LogP contribution in [0.3, 0.4) is 0 Å². The summed E-state index contributed by atoms with van der Waals surface area (Å²) in [4.78, 5) is 38.7. The molecule has 0 aliphatic carbocycles. The Balaban J connectivity index is 1.85. The van der Waals surface area contributed by atoms with Crippen LogP contribution in [0.15, 0.2) is 84.4 Å². The van der Waals surface area contributed by atoms with Gasteiger partial charge in [0, 0.05) is 18.2 Å². The molecule has 1 saturated heterocycles. The van der Waals surface area contributed by atoms with E-state index in [-0.39, 0.29) is 29.1 Å². The van der Waals surface area contributed by atoms with Crippen molar-refractivity contribution in [2.45, 2.75) is 19.4 Å². The van der Waals surface area contributed by atoms with Gasteiger partial charge in [-0.25, -0.2) is 0 Å². The van der Waals surface area contributed by atoms with Crippen LogP contribution in [0.4, 0.5) is 5.69 Å². The maximum Gasteiger partial charge on any atom is 0.295 e. The van der Waals surface area contributed by atoms with Gasteiger partial charge >= 0.3 is 0 Å². The average molecular weight is 442 g/mol. The van der Waals surface area contributed by atoms with E-state index in [4.69, 9.17) is 0 Å². The van der Waals surface area contributed by atoms with Gasteiger partial charge in [0.25, 0.3) is 17.4 Å². The second kappa shape index (κ2) is 9.08. The first-order valence-electron chi connectivity index (χ1n) is 10.5. The van der Waals surface area contributed by atoms with E-state index in [9.17, 15) is 24.8 Å². The molecule has 0 saturated carbocycles. The van der Waals surface area contributed by atoms with E-state index < -0.39 is 22.7 Å². The fourth-order valence-electron chi connectivity index (χ4n) is 4.08. The molecule has 0 spiro atoms. The van der Waals surface area contributed by atoms with Crippen molar-refractivity contribution in [1.82, 2.24) is 4.90 Å². The Kier molecular flexibility index (Phi) is 6.04. The first-order valence-corrected chi connectivity index (χ1v) is 10.5. The van der Waals surface area contributed by atoms with E-state index in [1.54, 1.807) is 30.3 Å². The van der Waals surface area contributed by atoms with Crippen LogP contribution < -0.4 is 0 Å². The third-order valence-corrected chi connectivity index (χ3v) is 5.78. The molecule has 1 atom stereocenters. The van der Waals surface area contributed by atoms with Crippen LogP contribution in [-0.2, 0) is 16.0 Å². The van der Waals surface area contributed by atoms with Crippen LogP contribution >= 0.6 is 0 Å². The quantitative estimate of drug-likeness (QED) is 0.198. The summed E-state index contributed by atoms with van der Waals surface area (Å²) in [5, 5.41) is 22.8. The predicted molar refractivity (Wildman–Crippen MR) is 123 cm³/mol. The third kappa shape index (κ3) is 4.25. The maximum atomic E-state index is 13.1. The van der Waals surface area contributed by atoms with Gasteiger partial charge < -0.3 is 10.0 Å². The molecule has 33 heavy (non-hydrogen) atoms. The second-order valence-corrected chi connectivity index (χ2v) is 7.91. The summed E-state index contributed by atoms with van der Waals surface area (Å²) < 4.78 is 0. The van der Waals surface area contributed by atoms with Crippen LogP contribution in [0, 0.1) is 17.0 Å². The van der Waals surface area contributed by atoms with Gasteiger partial charge in [-0.05, 0) is 25.0 Å². The van der Waals surface area contributed by atoms with Crippen molar-refractivity contribution in [1.29, 1.82) is 0 Å². The Hall–Kier alpha value is -4.26. The Morgan fingerprint density at radius 3 is 2.27 bits per heavy atom. The number of Topliss-reactive ketones (excluding diaryl/α,β-unsaturated/α-hetero) is 1. The van der Waals surface area contributed by atoms with Gasteiger partial charge in [-0.15, -0.1) is 0 Å². The maximum absolute atomic E-state index is 13.1. The summed E-state index contributed by atoms with van der Waals surface area (Å²) in [6, 6.07) is 21.2. The lowest BCUT2D eigenvalue weighted by molar-refractivity contribution is -0.385. The zero-order valence-corrected chi connectivity index (χ0v) is 18.0. The van der Waals surface area contributed by atoms with Gasteiger partial charge in [0.15, 0.2) is 0 Å². The molecule has 1 aliphatic heterocycles. The molecule has 7 heteroatoms. The highest BCUT2D eigenvalue weighted by Crippen LogP contribution is 2.42. The molecule has 1 aliphatic rings. The fourth-order valence-corrected chi connectivity index (χ4v) is 4.08. The molecule has 1 heterocycles. The Morgan fingerprint density at radius 2 is 1.61 bits per heavy atom. The fraction of sp³-hybridized carbons (Fsp3) is 0.154. The lowest BCUT2D eigenvalue weighted by atomic mass is 9.94. The number of hydrogen-bond acceptors (Lipinski definition) is 5. The molecule has 1 fully saturated rings. The minimum Gasteiger partial charge on any atom is -0.507 e. The van der Waals surface area contributed by atoms with Crippen LogP contribution in [0.1, 0.15) is 28.3 Å². The van der Waals surface area contributed by atoms with Crippen molar-refractivity contribution >= 4 is 23.1 Å². The summed E-state index contributed by atoms with van der Waals surface area (Å²) in [5.41, 5.74) is 2.10. The molecule has 0 radical (unpaired) electrons. The lowest BCUT2D eigenvalue weighted by Crippen LogP contribution is -2.32. The lowest BCUT2D eigenvalue weighted by Gasteiger charge is -2.25. The molecule has 0 aromatic heterocycles. The van der Waals surface area contributed by atoms with Crippen molar-refractivity contribution < 1.29 is 19.6 Å². The van der Waals surface area contributed by atoms with Crippen molar-refractivity contribution in [3.8, 4) is 0 Å². The van der Waals surface area contributed by atoms with Gasteiger partial charge in [0.1, 0.15) is 5.76 Å². The summed E-state index contributed by atoms with van der Waals surface area (Å²) in [6.45, 7) is 2.05. The summed E-state index contributed by atoms with van der Waals surface area (Å²) >= 11 is 0. The molecule has 0 bridgehead atoms. The number of para-hydroxylation sites is 1. The molecule has 1 N–H and O–H groups in total. The van der Waals surface area contributed by atoms with E-state index in [1.807, 2.05) is 37.3 Å². The number of carbonyl (C=O) groups excluding carboxylic acids is 2. The summed E-state index contributed by atoms with van der Waals surface area (Å²) in [5.74, 6) is -1.99. The van der Waals surface area contributed by atoms with Crippen LogP contribution in [-0.4, -0.2) is 33.2 Å². The highest BCUT2D eigenvalue weighted by Gasteiger charge is 2.47. The smallest absolute Gasteiger partial charge is 0.295 e. The average Bonchev–Trinajstić information content (AvgIpc) is 3.08. The molecule has 1 unspecified atom stereocenters. The number of nitro benzene ring substituents is 1. The Bertz CT molecular complexity index is 1250. The van der Waals surface area contributed by atoms with Crippen molar-refractivity contribution in [2.75, 3.05) is 6.54 Å². The van der Waals surface area contributed by atoms with Crippen molar-refractivity contribution in [2.24, 2.45) is 0 Å². The first kappa shape index (κ1) is 22.0. The molecule has 7 nitrogen and oxygen atoms in total. The van der Waals surface area contributed by atoms with E-state index in [2.05, 4.69) is 0 Å². The van der Waals surface area contributed by atoms with Crippen LogP contribution in [0.2, 0.25) is 0 Å². The number of carbonyl (C=O) groups is 2. The van der Waals surface area contributed by atoms with Gasteiger partial charge in [-0.1, -0.05) is 72.3 Å². The van der Waals surface area contributed by atoms with Crippen molar-refractivity contribution in [3.05, 3.63) is 117 Å². The van der Waals surface area contributed by atoms with Crippen LogP contribution in [0.25, 0.3) is 5.76 Å². The van der Waals surface area contributed by atoms with Gasteiger partial charge in [0.05, 0.1) is 22.1 Å². The molecule has 1 amide bonds. The molecule has 4 rings (SSSR count). The number of likely N-dealkylation sites (tertiary alicyclic amines) is 1. The number of ketones is 1. The number of rotatable bonds is 6. The predicted octanol–water partition coefficient (Wildman–Crippen LogP) is 4.57. The normalized spacial score (nSPS) is 17.4. The third-order valence-electron chi connectivity index (χ3n) is 5.78. The number of aliphatic hydroxyl groups excluding tert-OH is 1. The van der Waals surface area contributed by atoms with Crippen LogP contribution in [0.5, 0.6) is 0 Å². The van der Waals surface area contributed by atoms with E-state index in [0.717, 1.165) is 11.1 Å². The number of nitro groups is 1. The molecule has 3 aromatic rings. The molecule has 3 aromatic carbocycles. The summed E-state index contributed by atoms with van der Waals surface area (Å²) in [7, 11) is 0. The molecular formula is C26H22N2O5. The minimum atomic E-state index is -1.07. The summed E-state index contributed by atoms with van der Waals surface area (Å²) in [6.07, 6.45) is 0.454. The number of amides is 1. The number of nitrogens with zero attached hydrogens (tertiary/aromatic N) is 2. The number of aryl methyl sites for hydroxylation is 1. The molecular weight excluding hydrogens is 420 g/mol. The zero-order valence-electron chi connectivity index (χ0n) is 18.0. The molecule has 166 valence electrons. The van der Waals surface area contributed by atoms with Gasteiger partial charge in [-0.3, -0.25) is 19.7 Å². The Morgan fingerprint density at radius 1 is 0.970 bits per heavy atom.